The molecular formula is C15H19F2NO2. The normalized spacial score (nSPS) is 20.4. The Bertz CT molecular complexity index is 461. The first-order valence-corrected chi connectivity index (χ1v) is 6.84. The number of alkyl halides is 2. The molecule has 5 heteroatoms. The molecule has 110 valence electrons. The minimum atomic E-state index is -2.62. The maximum atomic E-state index is 13.0. The number of aliphatic hydroxyl groups is 1. The predicted octanol–water partition coefficient (Wildman–Crippen LogP) is 3.50. The summed E-state index contributed by atoms with van der Waals surface area (Å²) in [7, 11) is 0. The molecule has 0 spiro atoms. The van der Waals surface area contributed by atoms with Crippen LogP contribution < -0.4 is 5.32 Å². The van der Waals surface area contributed by atoms with Gasteiger partial charge in [-0.15, -0.1) is 0 Å². The molecule has 1 atom stereocenters. The lowest BCUT2D eigenvalue weighted by atomic mass is 9.86. The molecule has 0 bridgehead atoms. The fourth-order valence-electron chi connectivity index (χ4n) is 2.39. The van der Waals surface area contributed by atoms with Gasteiger partial charge in [0.1, 0.15) is 0 Å². The monoisotopic (exact) mass is 283 g/mol. The van der Waals surface area contributed by atoms with E-state index in [1.165, 1.54) is 0 Å². The summed E-state index contributed by atoms with van der Waals surface area (Å²) in [6.07, 6.45) is -0.534. The van der Waals surface area contributed by atoms with Gasteiger partial charge < -0.3 is 10.4 Å². The molecule has 2 N–H and O–H groups in total. The van der Waals surface area contributed by atoms with E-state index in [2.05, 4.69) is 5.32 Å². The summed E-state index contributed by atoms with van der Waals surface area (Å²) in [6.45, 7) is 1.66. The summed E-state index contributed by atoms with van der Waals surface area (Å²) in [4.78, 5) is 12.0. The van der Waals surface area contributed by atoms with E-state index in [4.69, 9.17) is 0 Å². The van der Waals surface area contributed by atoms with Gasteiger partial charge in [-0.05, 0) is 37.5 Å². The maximum absolute atomic E-state index is 13.0. The zero-order chi connectivity index (χ0) is 14.8. The Balaban J connectivity index is 1.91. The van der Waals surface area contributed by atoms with Crippen LogP contribution in [0.15, 0.2) is 24.3 Å². The number of rotatable bonds is 3. The van der Waals surface area contributed by atoms with Crippen molar-refractivity contribution in [2.75, 3.05) is 5.32 Å². The Morgan fingerprint density at radius 3 is 2.35 bits per heavy atom. The smallest absolute Gasteiger partial charge is 0.248 e. The van der Waals surface area contributed by atoms with E-state index in [0.29, 0.717) is 5.69 Å². The number of aliphatic hydroxyl groups excluding tert-OH is 1. The molecule has 0 radical (unpaired) electrons. The lowest BCUT2D eigenvalue weighted by molar-refractivity contribution is -0.124. The summed E-state index contributed by atoms with van der Waals surface area (Å²) in [5.41, 5.74) is 1.39. The van der Waals surface area contributed by atoms with Crippen molar-refractivity contribution in [2.24, 2.45) is 5.92 Å². The molecular weight excluding hydrogens is 264 g/mol. The molecule has 1 amide bonds. The van der Waals surface area contributed by atoms with Gasteiger partial charge in [0.05, 0.1) is 6.10 Å². The van der Waals surface area contributed by atoms with Crippen molar-refractivity contribution in [1.29, 1.82) is 0 Å². The summed E-state index contributed by atoms with van der Waals surface area (Å²) < 4.78 is 26.1. The van der Waals surface area contributed by atoms with Gasteiger partial charge in [0.2, 0.25) is 11.8 Å². The van der Waals surface area contributed by atoms with Crippen LogP contribution in [0.5, 0.6) is 0 Å². The van der Waals surface area contributed by atoms with Gasteiger partial charge in [-0.2, -0.15) is 0 Å². The first kappa shape index (κ1) is 14.9. The van der Waals surface area contributed by atoms with Crippen LogP contribution in [0.2, 0.25) is 0 Å². The number of halogens is 2. The molecule has 1 unspecified atom stereocenters. The highest BCUT2D eigenvalue weighted by atomic mass is 19.3. The Morgan fingerprint density at radius 1 is 1.30 bits per heavy atom. The molecule has 0 aliphatic heterocycles. The number of carbonyl (C=O) groups excluding carboxylic acids is 1. The standard InChI is InChI=1S/C15H19F2NO2/c1-10(19)11-2-4-13(5-3-11)18-14(20)12-6-8-15(16,17)9-7-12/h2-5,10,12,19H,6-9H2,1H3,(H,18,20). The second-order valence-corrected chi connectivity index (χ2v) is 5.42. The lowest BCUT2D eigenvalue weighted by Gasteiger charge is -2.27. The van der Waals surface area contributed by atoms with E-state index in [1.54, 1.807) is 31.2 Å². The van der Waals surface area contributed by atoms with Gasteiger partial charge in [-0.25, -0.2) is 8.78 Å². The molecule has 3 nitrogen and oxygen atoms in total. The van der Waals surface area contributed by atoms with Crippen LogP contribution in [-0.4, -0.2) is 16.9 Å². The highest BCUT2D eigenvalue weighted by Crippen LogP contribution is 2.36. The lowest BCUT2D eigenvalue weighted by Crippen LogP contribution is -2.31. The number of nitrogens with one attached hydrogen (secondary N) is 1. The largest absolute Gasteiger partial charge is 0.389 e. The minimum absolute atomic E-state index is 0.203. The van der Waals surface area contributed by atoms with Crippen molar-refractivity contribution in [3.05, 3.63) is 29.8 Å². The molecule has 0 saturated heterocycles. The van der Waals surface area contributed by atoms with Gasteiger partial charge in [-0.3, -0.25) is 4.79 Å². The van der Waals surface area contributed by atoms with Gasteiger partial charge in [-0.1, -0.05) is 12.1 Å². The summed E-state index contributed by atoms with van der Waals surface area (Å²) in [5.74, 6) is -3.16. The molecule has 0 aromatic heterocycles. The average Bonchev–Trinajstić information content (AvgIpc) is 2.39. The quantitative estimate of drug-likeness (QED) is 0.892. The summed E-state index contributed by atoms with van der Waals surface area (Å²) >= 11 is 0. The number of hydrogen-bond acceptors (Lipinski definition) is 2. The molecule has 1 aliphatic rings. The molecule has 1 saturated carbocycles. The Hall–Kier alpha value is -1.49. The fourth-order valence-corrected chi connectivity index (χ4v) is 2.39. The fraction of sp³-hybridized carbons (Fsp3) is 0.533. The van der Waals surface area contributed by atoms with Gasteiger partial charge in [0.25, 0.3) is 0 Å². The van der Waals surface area contributed by atoms with Crippen LogP contribution in [0.25, 0.3) is 0 Å². The molecule has 1 aromatic rings. The van der Waals surface area contributed by atoms with Gasteiger partial charge in [0.15, 0.2) is 0 Å². The maximum Gasteiger partial charge on any atom is 0.248 e. The highest BCUT2D eigenvalue weighted by molar-refractivity contribution is 5.92. The van der Waals surface area contributed by atoms with Crippen molar-refractivity contribution in [3.8, 4) is 0 Å². The van der Waals surface area contributed by atoms with Crippen molar-refractivity contribution in [2.45, 2.75) is 44.6 Å². The van der Waals surface area contributed by atoms with Crippen molar-refractivity contribution in [1.82, 2.24) is 0 Å². The van der Waals surface area contributed by atoms with Gasteiger partial charge >= 0.3 is 0 Å². The van der Waals surface area contributed by atoms with Crippen LogP contribution in [0, 0.1) is 5.92 Å². The predicted molar refractivity (Wildman–Crippen MR) is 72.6 cm³/mol. The SMILES string of the molecule is CC(O)c1ccc(NC(=O)C2CCC(F)(F)CC2)cc1. The number of carbonyl (C=O) groups is 1. The second-order valence-electron chi connectivity index (χ2n) is 5.42. The third-order valence-electron chi connectivity index (χ3n) is 3.75. The zero-order valence-corrected chi connectivity index (χ0v) is 11.4. The van der Waals surface area contributed by atoms with Crippen LogP contribution in [0.4, 0.5) is 14.5 Å². The van der Waals surface area contributed by atoms with E-state index < -0.39 is 12.0 Å². The Labute approximate surface area is 117 Å². The van der Waals surface area contributed by atoms with Gasteiger partial charge in [0, 0.05) is 24.4 Å². The highest BCUT2D eigenvalue weighted by Gasteiger charge is 2.37. The third-order valence-corrected chi connectivity index (χ3v) is 3.75. The number of anilines is 1. The van der Waals surface area contributed by atoms with Crippen LogP contribution in [0.1, 0.15) is 44.3 Å². The zero-order valence-electron chi connectivity index (χ0n) is 11.4. The average molecular weight is 283 g/mol. The van der Waals surface area contributed by atoms with E-state index in [9.17, 15) is 18.7 Å². The Kier molecular flexibility index (Phi) is 4.38. The van der Waals surface area contributed by atoms with Crippen molar-refractivity contribution in [3.63, 3.8) is 0 Å². The second kappa shape index (κ2) is 5.87. The van der Waals surface area contributed by atoms with E-state index in [0.717, 1.165) is 5.56 Å². The molecule has 0 heterocycles. The van der Waals surface area contributed by atoms with Crippen LogP contribution >= 0.6 is 0 Å². The van der Waals surface area contributed by atoms with E-state index in [1.807, 2.05) is 0 Å². The topological polar surface area (TPSA) is 49.3 Å². The first-order chi connectivity index (χ1) is 9.37. The molecule has 2 rings (SSSR count). The van der Waals surface area contributed by atoms with E-state index in [-0.39, 0.29) is 37.5 Å². The number of amides is 1. The van der Waals surface area contributed by atoms with Crippen LogP contribution in [-0.2, 0) is 4.79 Å². The van der Waals surface area contributed by atoms with Crippen molar-refractivity contribution >= 4 is 11.6 Å². The van der Waals surface area contributed by atoms with E-state index >= 15 is 0 Å². The number of benzene rings is 1. The summed E-state index contributed by atoms with van der Waals surface area (Å²) in [6, 6.07) is 6.87. The first-order valence-electron chi connectivity index (χ1n) is 6.84. The number of hydrogen-bond donors (Lipinski definition) is 2. The third kappa shape index (κ3) is 3.76. The minimum Gasteiger partial charge on any atom is -0.389 e. The molecule has 1 aliphatic carbocycles. The van der Waals surface area contributed by atoms with Crippen LogP contribution in [0.3, 0.4) is 0 Å². The summed E-state index contributed by atoms with van der Waals surface area (Å²) in [5, 5.41) is 12.1. The molecule has 20 heavy (non-hydrogen) atoms. The Morgan fingerprint density at radius 2 is 1.85 bits per heavy atom. The molecule has 1 aromatic carbocycles. The molecule has 1 fully saturated rings. The van der Waals surface area contributed by atoms with Crippen molar-refractivity contribution < 1.29 is 18.7 Å².